The van der Waals surface area contributed by atoms with Crippen LogP contribution < -0.4 is 0 Å². The third-order valence-corrected chi connectivity index (χ3v) is 5.14. The maximum atomic E-state index is 11.8. The maximum absolute atomic E-state index is 11.8. The Hall–Kier alpha value is -1.09. The summed E-state index contributed by atoms with van der Waals surface area (Å²) in [5.41, 5.74) is 1.34. The fourth-order valence-electron chi connectivity index (χ4n) is 3.82. The molecule has 1 aliphatic heterocycles. The number of ether oxygens (including phenoxy) is 1. The van der Waals surface area contributed by atoms with Crippen molar-refractivity contribution < 1.29 is 14.6 Å². The average molecular weight is 248 g/mol. The SMILES string of the molecule is CC1=CCC2(O)C(C)=CCC3C(C)C(=O)OC3C12. The van der Waals surface area contributed by atoms with Crippen LogP contribution in [0, 0.1) is 17.8 Å². The first-order valence-electron chi connectivity index (χ1n) is 6.72. The van der Waals surface area contributed by atoms with E-state index in [1.807, 2.05) is 20.8 Å². The Kier molecular flexibility index (Phi) is 2.46. The fourth-order valence-corrected chi connectivity index (χ4v) is 3.82. The first-order valence-corrected chi connectivity index (χ1v) is 6.72. The molecule has 3 heteroatoms. The van der Waals surface area contributed by atoms with Gasteiger partial charge in [0.05, 0.1) is 17.4 Å². The summed E-state index contributed by atoms with van der Waals surface area (Å²) in [7, 11) is 0. The lowest BCUT2D eigenvalue weighted by atomic mass is 9.75. The number of aliphatic hydroxyl groups is 1. The summed E-state index contributed by atoms with van der Waals surface area (Å²) in [6.45, 7) is 5.97. The highest BCUT2D eigenvalue weighted by molar-refractivity contribution is 5.75. The molecule has 3 nitrogen and oxygen atoms in total. The normalized spacial score (nSPS) is 46.8. The van der Waals surface area contributed by atoms with Crippen LogP contribution in [0.15, 0.2) is 23.3 Å². The third-order valence-electron chi connectivity index (χ3n) is 5.14. The Morgan fingerprint density at radius 2 is 2.11 bits per heavy atom. The number of rotatable bonds is 0. The van der Waals surface area contributed by atoms with E-state index < -0.39 is 5.60 Å². The molecule has 18 heavy (non-hydrogen) atoms. The molecule has 1 heterocycles. The first kappa shape index (κ1) is 12.0. The molecule has 0 aromatic heterocycles. The lowest BCUT2D eigenvalue weighted by Gasteiger charge is -2.35. The maximum Gasteiger partial charge on any atom is 0.309 e. The van der Waals surface area contributed by atoms with Gasteiger partial charge < -0.3 is 9.84 Å². The van der Waals surface area contributed by atoms with Crippen molar-refractivity contribution in [2.24, 2.45) is 17.8 Å². The average Bonchev–Trinajstić information content (AvgIpc) is 2.73. The second-order valence-electron chi connectivity index (χ2n) is 6.03. The Bertz CT molecular complexity index is 462. The summed E-state index contributed by atoms with van der Waals surface area (Å²) >= 11 is 0. The van der Waals surface area contributed by atoms with Gasteiger partial charge in [-0.2, -0.15) is 0 Å². The minimum absolute atomic E-state index is 0.0600. The molecule has 1 fully saturated rings. The summed E-state index contributed by atoms with van der Waals surface area (Å²) in [6, 6.07) is 0. The zero-order valence-corrected chi connectivity index (χ0v) is 11.1. The number of esters is 1. The number of fused-ring (bicyclic) bond motifs is 3. The van der Waals surface area contributed by atoms with Gasteiger partial charge in [-0.3, -0.25) is 4.79 Å². The molecule has 1 saturated heterocycles. The van der Waals surface area contributed by atoms with Gasteiger partial charge in [-0.15, -0.1) is 0 Å². The lowest BCUT2D eigenvalue weighted by molar-refractivity contribution is -0.147. The number of carbonyl (C=O) groups is 1. The minimum Gasteiger partial charge on any atom is -0.461 e. The molecule has 0 aromatic carbocycles. The highest BCUT2D eigenvalue weighted by Crippen LogP contribution is 2.51. The number of hydrogen-bond donors (Lipinski definition) is 1. The Labute approximate surface area is 108 Å². The molecule has 3 rings (SSSR count). The van der Waals surface area contributed by atoms with Gasteiger partial charge in [-0.1, -0.05) is 24.6 Å². The van der Waals surface area contributed by atoms with Gasteiger partial charge in [-0.05, 0) is 32.3 Å². The quantitative estimate of drug-likeness (QED) is 0.528. The molecule has 0 amide bonds. The van der Waals surface area contributed by atoms with Gasteiger partial charge in [0.1, 0.15) is 6.10 Å². The molecule has 0 bridgehead atoms. The molecule has 0 saturated carbocycles. The molecule has 0 radical (unpaired) electrons. The third kappa shape index (κ3) is 1.37. The Morgan fingerprint density at radius 1 is 1.39 bits per heavy atom. The summed E-state index contributed by atoms with van der Waals surface area (Å²) in [6.07, 6.45) is 5.49. The van der Waals surface area contributed by atoms with Crippen LogP contribution in [0.2, 0.25) is 0 Å². The van der Waals surface area contributed by atoms with E-state index in [0.717, 1.165) is 17.6 Å². The van der Waals surface area contributed by atoms with Gasteiger partial charge in [0, 0.05) is 5.92 Å². The van der Waals surface area contributed by atoms with Crippen molar-refractivity contribution in [2.75, 3.05) is 0 Å². The van der Waals surface area contributed by atoms with Crippen LogP contribution in [-0.4, -0.2) is 22.8 Å². The van der Waals surface area contributed by atoms with E-state index in [1.165, 1.54) is 0 Å². The monoisotopic (exact) mass is 248 g/mol. The van der Waals surface area contributed by atoms with Crippen molar-refractivity contribution in [1.29, 1.82) is 0 Å². The van der Waals surface area contributed by atoms with E-state index in [2.05, 4.69) is 12.2 Å². The first-order chi connectivity index (χ1) is 8.45. The van der Waals surface area contributed by atoms with Crippen LogP contribution in [0.5, 0.6) is 0 Å². The highest BCUT2D eigenvalue weighted by atomic mass is 16.6. The molecule has 5 atom stereocenters. The summed E-state index contributed by atoms with van der Waals surface area (Å²) in [4.78, 5) is 11.8. The Morgan fingerprint density at radius 3 is 2.83 bits per heavy atom. The van der Waals surface area contributed by atoms with Crippen LogP contribution in [0.4, 0.5) is 0 Å². The predicted molar refractivity (Wildman–Crippen MR) is 67.7 cm³/mol. The predicted octanol–water partition coefficient (Wildman–Crippen LogP) is 2.21. The van der Waals surface area contributed by atoms with Gasteiger partial charge >= 0.3 is 5.97 Å². The van der Waals surface area contributed by atoms with Gasteiger partial charge in [0.15, 0.2) is 0 Å². The van der Waals surface area contributed by atoms with E-state index in [-0.39, 0.29) is 29.8 Å². The van der Waals surface area contributed by atoms with Gasteiger partial charge in [0.2, 0.25) is 0 Å². The zero-order valence-electron chi connectivity index (χ0n) is 11.1. The topological polar surface area (TPSA) is 46.5 Å². The van der Waals surface area contributed by atoms with E-state index in [4.69, 9.17) is 4.74 Å². The number of allylic oxidation sites excluding steroid dienone is 1. The van der Waals surface area contributed by atoms with Crippen LogP contribution in [-0.2, 0) is 9.53 Å². The number of hydrogen-bond acceptors (Lipinski definition) is 3. The van der Waals surface area contributed by atoms with Crippen LogP contribution >= 0.6 is 0 Å². The van der Waals surface area contributed by atoms with E-state index in [1.54, 1.807) is 0 Å². The number of carbonyl (C=O) groups excluding carboxylic acids is 1. The zero-order chi connectivity index (χ0) is 13.1. The van der Waals surface area contributed by atoms with E-state index in [0.29, 0.717) is 6.42 Å². The van der Waals surface area contributed by atoms with Crippen LogP contribution in [0.1, 0.15) is 33.6 Å². The summed E-state index contributed by atoms with van der Waals surface area (Å²) in [5, 5.41) is 10.9. The van der Waals surface area contributed by atoms with Crippen molar-refractivity contribution >= 4 is 5.97 Å². The Balaban J connectivity index is 2.07. The molecule has 2 aliphatic carbocycles. The van der Waals surface area contributed by atoms with Crippen molar-refractivity contribution in [3.63, 3.8) is 0 Å². The molecular weight excluding hydrogens is 228 g/mol. The molecule has 3 aliphatic rings. The largest absolute Gasteiger partial charge is 0.461 e. The highest BCUT2D eigenvalue weighted by Gasteiger charge is 2.56. The molecule has 5 unspecified atom stereocenters. The second-order valence-corrected chi connectivity index (χ2v) is 6.03. The fraction of sp³-hybridized carbons (Fsp3) is 0.667. The van der Waals surface area contributed by atoms with Crippen molar-refractivity contribution in [1.82, 2.24) is 0 Å². The van der Waals surface area contributed by atoms with Crippen molar-refractivity contribution in [2.45, 2.75) is 45.3 Å². The van der Waals surface area contributed by atoms with Crippen LogP contribution in [0.25, 0.3) is 0 Å². The van der Waals surface area contributed by atoms with E-state index >= 15 is 0 Å². The van der Waals surface area contributed by atoms with Gasteiger partial charge in [-0.25, -0.2) is 0 Å². The summed E-state index contributed by atoms with van der Waals surface area (Å²) < 4.78 is 5.58. The molecule has 0 aromatic rings. The second kappa shape index (κ2) is 3.70. The molecule has 0 spiro atoms. The van der Waals surface area contributed by atoms with Crippen molar-refractivity contribution in [3.8, 4) is 0 Å². The molecule has 98 valence electrons. The lowest BCUT2D eigenvalue weighted by Crippen LogP contribution is -2.43. The smallest absolute Gasteiger partial charge is 0.309 e. The molecular formula is C15H20O3. The van der Waals surface area contributed by atoms with Crippen molar-refractivity contribution in [3.05, 3.63) is 23.3 Å². The van der Waals surface area contributed by atoms with Gasteiger partial charge in [0.25, 0.3) is 0 Å². The summed E-state index contributed by atoms with van der Waals surface area (Å²) in [5.74, 6) is -0.0297. The minimum atomic E-state index is -0.839. The molecule has 1 N–H and O–H groups in total. The standard InChI is InChI=1S/C15H20O3/c1-8-6-7-15(17)9(2)4-5-11-10(3)14(16)18-13(11)12(8)15/h4,6,10-13,17H,5,7H2,1-3H3. The van der Waals surface area contributed by atoms with Crippen LogP contribution in [0.3, 0.4) is 0 Å². The van der Waals surface area contributed by atoms with E-state index in [9.17, 15) is 9.90 Å².